The fourth-order valence-electron chi connectivity index (χ4n) is 8.04. The largest absolute Gasteiger partial charge is 0.308 e. The lowest BCUT2D eigenvalue weighted by Crippen LogP contribution is -2.37. The van der Waals surface area contributed by atoms with Gasteiger partial charge in [-0.1, -0.05) is 148 Å². The second-order valence-electron chi connectivity index (χ2n) is 14.5. The van der Waals surface area contributed by atoms with Gasteiger partial charge in [-0.25, -0.2) is 0 Å². The first kappa shape index (κ1) is 31.2. The van der Waals surface area contributed by atoms with E-state index in [1.165, 1.54) is 48.1 Å². The Labute approximate surface area is 303 Å². The van der Waals surface area contributed by atoms with Crippen LogP contribution in [0.5, 0.6) is 0 Å². The van der Waals surface area contributed by atoms with Crippen molar-refractivity contribution in [2.24, 2.45) is 0 Å². The Morgan fingerprint density at radius 3 is 1.92 bits per heavy atom. The maximum absolute atomic E-state index is 13.9. The van der Waals surface area contributed by atoms with Gasteiger partial charge >= 0.3 is 0 Å². The maximum Gasteiger partial charge on any atom is 0.193 e. The quantitative estimate of drug-likeness (QED) is 0.169. The molecule has 246 valence electrons. The number of thiophene rings is 1. The number of fused-ring (bicyclic) bond motifs is 6. The molecule has 7 aromatic carbocycles. The molecule has 2 nitrogen and oxygen atoms in total. The smallest absolute Gasteiger partial charge is 0.193 e. The number of carbonyl (C=O) groups excluding carboxylic acids is 1. The molecule has 9 rings (SSSR count). The number of nitrogens with zero attached hydrogens (tertiary/aromatic N) is 1. The molecule has 0 fully saturated rings. The van der Waals surface area contributed by atoms with E-state index in [9.17, 15) is 4.79 Å². The molecule has 0 saturated carbocycles. The van der Waals surface area contributed by atoms with E-state index in [1.807, 2.05) is 41.7 Å². The van der Waals surface area contributed by atoms with Crippen molar-refractivity contribution < 1.29 is 4.79 Å². The van der Waals surface area contributed by atoms with Gasteiger partial charge in [-0.15, -0.1) is 11.3 Å². The number of anilines is 3. The van der Waals surface area contributed by atoms with E-state index in [2.05, 4.69) is 165 Å². The third kappa shape index (κ3) is 4.87. The molecule has 0 bridgehead atoms. The Hall–Kier alpha value is -5.77. The summed E-state index contributed by atoms with van der Waals surface area (Å²) < 4.78 is 2.52. The van der Waals surface area contributed by atoms with Crippen molar-refractivity contribution in [2.75, 3.05) is 4.90 Å². The Morgan fingerprint density at radius 1 is 0.569 bits per heavy atom. The molecule has 0 atom stereocenters. The molecule has 0 spiro atoms. The van der Waals surface area contributed by atoms with Crippen LogP contribution in [-0.2, 0) is 10.8 Å². The van der Waals surface area contributed by atoms with Crippen LogP contribution < -0.4 is 4.90 Å². The topological polar surface area (TPSA) is 20.3 Å². The minimum Gasteiger partial charge on any atom is -0.308 e. The molecule has 51 heavy (non-hydrogen) atoms. The zero-order valence-electron chi connectivity index (χ0n) is 28.9. The zero-order valence-corrected chi connectivity index (χ0v) is 29.7. The highest BCUT2D eigenvalue weighted by Gasteiger charge is 2.47. The summed E-state index contributed by atoms with van der Waals surface area (Å²) in [6.07, 6.45) is 0. The van der Waals surface area contributed by atoms with E-state index in [0.717, 1.165) is 16.9 Å². The number of hydrogen-bond donors (Lipinski definition) is 0. The molecular weight excluding hydrogens is 639 g/mol. The predicted octanol–water partition coefficient (Wildman–Crippen LogP) is 12.7. The maximum atomic E-state index is 13.9. The molecule has 0 radical (unpaired) electrons. The zero-order chi connectivity index (χ0) is 34.7. The van der Waals surface area contributed by atoms with Crippen molar-refractivity contribution >= 4 is 54.4 Å². The average molecular weight is 676 g/mol. The molecule has 0 N–H and O–H groups in total. The Bertz CT molecular complexity index is 2540. The van der Waals surface area contributed by atoms with Crippen LogP contribution in [0.4, 0.5) is 17.1 Å². The first-order valence-electron chi connectivity index (χ1n) is 17.6. The number of carbonyl (C=O) groups is 1. The van der Waals surface area contributed by atoms with E-state index in [0.29, 0.717) is 11.1 Å². The molecule has 1 aliphatic rings. The highest BCUT2D eigenvalue weighted by atomic mass is 32.1. The van der Waals surface area contributed by atoms with Gasteiger partial charge in [-0.05, 0) is 75.7 Å². The minimum absolute atomic E-state index is 0.0335. The molecule has 8 aromatic rings. The molecule has 2 heterocycles. The molecule has 1 aliphatic heterocycles. The second kappa shape index (κ2) is 11.9. The summed E-state index contributed by atoms with van der Waals surface area (Å²) in [6, 6.07) is 60.4. The number of ketones is 1. The van der Waals surface area contributed by atoms with Crippen molar-refractivity contribution in [3.8, 4) is 0 Å². The number of para-hydroxylation sites is 1. The summed E-state index contributed by atoms with van der Waals surface area (Å²) in [7, 11) is 0. The first-order chi connectivity index (χ1) is 24.9. The van der Waals surface area contributed by atoms with Crippen LogP contribution in [-0.4, -0.2) is 5.78 Å². The van der Waals surface area contributed by atoms with E-state index in [1.54, 1.807) is 0 Å². The van der Waals surface area contributed by atoms with Crippen LogP contribution in [0.3, 0.4) is 0 Å². The summed E-state index contributed by atoms with van der Waals surface area (Å²) in [5.41, 5.74) is 10.2. The first-order valence-corrected chi connectivity index (χ1v) is 18.4. The SMILES string of the molecule is CC(C)(C)c1cccc(C(=O)c2ccc(N3c4ccccc4C(c4ccccc4)(c4ccccc4)c4ccc5c(sc6ccccc65)c43)cc2)c1. The van der Waals surface area contributed by atoms with Gasteiger partial charge in [0, 0.05) is 32.3 Å². The fourth-order valence-corrected chi connectivity index (χ4v) is 9.28. The third-order valence-electron chi connectivity index (χ3n) is 10.5. The molecule has 3 heteroatoms. The van der Waals surface area contributed by atoms with Crippen molar-refractivity contribution in [3.63, 3.8) is 0 Å². The Morgan fingerprint density at radius 2 is 1.22 bits per heavy atom. The molecule has 0 saturated heterocycles. The van der Waals surface area contributed by atoms with Gasteiger partial charge in [0.15, 0.2) is 5.78 Å². The van der Waals surface area contributed by atoms with Gasteiger partial charge < -0.3 is 4.90 Å². The Balaban J connectivity index is 1.31. The average Bonchev–Trinajstić information content (AvgIpc) is 3.56. The molecule has 0 unspecified atom stereocenters. The van der Waals surface area contributed by atoms with E-state index in [-0.39, 0.29) is 11.2 Å². The minimum atomic E-state index is -0.566. The number of hydrogen-bond acceptors (Lipinski definition) is 3. The monoisotopic (exact) mass is 675 g/mol. The standard InChI is InChI=1S/C48H37NOS/c1-47(2,3)36-20-14-15-33(31-36)45(50)32-25-27-37(28-26-32)49-42-23-12-11-22-40(42)48(34-16-6-4-7-17-34,35-18-8-5-9-19-35)41-30-29-39-38-21-10-13-24-43(38)51-46(39)44(41)49/h4-31H,1-3H3. The summed E-state index contributed by atoms with van der Waals surface area (Å²) in [5, 5.41) is 2.52. The van der Waals surface area contributed by atoms with E-state index < -0.39 is 5.41 Å². The van der Waals surface area contributed by atoms with Crippen LogP contribution in [0.15, 0.2) is 170 Å². The van der Waals surface area contributed by atoms with Gasteiger partial charge in [0.2, 0.25) is 0 Å². The van der Waals surface area contributed by atoms with Gasteiger partial charge in [0.1, 0.15) is 0 Å². The molecular formula is C48H37NOS. The van der Waals surface area contributed by atoms with Crippen LogP contribution in [0.25, 0.3) is 20.2 Å². The lowest BCUT2D eigenvalue weighted by molar-refractivity contribution is 0.103. The van der Waals surface area contributed by atoms with Gasteiger partial charge in [0.05, 0.1) is 21.5 Å². The highest BCUT2D eigenvalue weighted by molar-refractivity contribution is 7.26. The van der Waals surface area contributed by atoms with Gasteiger partial charge in [-0.3, -0.25) is 4.79 Å². The lowest BCUT2D eigenvalue weighted by Gasteiger charge is -2.46. The Kier molecular flexibility index (Phi) is 7.31. The molecule has 1 aromatic heterocycles. The van der Waals surface area contributed by atoms with Crippen LogP contribution in [0.1, 0.15) is 64.5 Å². The molecule has 0 amide bonds. The molecule has 0 aliphatic carbocycles. The van der Waals surface area contributed by atoms with Crippen molar-refractivity contribution in [1.82, 2.24) is 0 Å². The van der Waals surface area contributed by atoms with E-state index in [4.69, 9.17) is 0 Å². The highest BCUT2D eigenvalue weighted by Crippen LogP contribution is 2.60. The van der Waals surface area contributed by atoms with Crippen molar-refractivity contribution in [2.45, 2.75) is 31.6 Å². The summed E-state index contributed by atoms with van der Waals surface area (Å²) in [5.74, 6) is 0.0335. The summed E-state index contributed by atoms with van der Waals surface area (Å²) in [6.45, 7) is 6.53. The van der Waals surface area contributed by atoms with Crippen LogP contribution >= 0.6 is 11.3 Å². The van der Waals surface area contributed by atoms with Gasteiger partial charge in [0.25, 0.3) is 0 Å². The van der Waals surface area contributed by atoms with Crippen LogP contribution in [0, 0.1) is 0 Å². The summed E-state index contributed by atoms with van der Waals surface area (Å²) >= 11 is 1.85. The second-order valence-corrected chi connectivity index (χ2v) is 15.5. The number of rotatable bonds is 5. The van der Waals surface area contributed by atoms with Gasteiger partial charge in [-0.2, -0.15) is 0 Å². The van der Waals surface area contributed by atoms with Crippen molar-refractivity contribution in [1.29, 1.82) is 0 Å². The van der Waals surface area contributed by atoms with Crippen molar-refractivity contribution in [3.05, 3.63) is 209 Å². The normalized spacial score (nSPS) is 13.6. The predicted molar refractivity (Wildman–Crippen MR) is 214 cm³/mol. The fraction of sp³-hybridized carbons (Fsp3) is 0.104. The lowest BCUT2D eigenvalue weighted by atomic mass is 9.62. The van der Waals surface area contributed by atoms with E-state index >= 15 is 0 Å². The summed E-state index contributed by atoms with van der Waals surface area (Å²) in [4.78, 5) is 16.3. The number of benzene rings is 7. The third-order valence-corrected chi connectivity index (χ3v) is 11.7. The van der Waals surface area contributed by atoms with Crippen LogP contribution in [0.2, 0.25) is 0 Å².